The lowest BCUT2D eigenvalue weighted by molar-refractivity contribution is -0.383. The molecule has 4 N–H and O–H groups in total. The van der Waals surface area contributed by atoms with Crippen molar-refractivity contribution in [2.45, 2.75) is 12.5 Å². The molecular weight excluding hydrogens is 286 g/mol. The number of anilines is 2. The van der Waals surface area contributed by atoms with Crippen LogP contribution in [0.15, 0.2) is 6.20 Å². The minimum absolute atomic E-state index is 0.0326. The molecule has 0 aliphatic carbocycles. The highest BCUT2D eigenvalue weighted by atomic mass is 35.5. The number of aromatic nitrogens is 3. The van der Waals surface area contributed by atoms with E-state index in [-0.39, 0.29) is 28.2 Å². The Hall–Kier alpha value is -2.13. The van der Waals surface area contributed by atoms with Crippen LogP contribution in [-0.4, -0.2) is 38.7 Å². The minimum Gasteiger partial charge on any atom is -0.382 e. The van der Waals surface area contributed by atoms with Gasteiger partial charge in [0.05, 0.1) is 4.92 Å². The number of nitrogens with two attached hydrogens (primary N) is 2. The fourth-order valence-electron chi connectivity index (χ4n) is 2.29. The smallest absolute Gasteiger partial charge is 0.333 e. The molecule has 9 nitrogen and oxygen atoms in total. The summed E-state index contributed by atoms with van der Waals surface area (Å²) in [7, 11) is 0. The molecule has 0 unspecified atom stereocenters. The highest BCUT2D eigenvalue weighted by Crippen LogP contribution is 2.34. The van der Waals surface area contributed by atoms with Crippen molar-refractivity contribution < 1.29 is 4.92 Å². The molecule has 106 valence electrons. The maximum atomic E-state index is 11.0. The van der Waals surface area contributed by atoms with E-state index >= 15 is 0 Å². The van der Waals surface area contributed by atoms with E-state index in [0.717, 1.165) is 12.6 Å². The van der Waals surface area contributed by atoms with Crippen LogP contribution < -0.4 is 16.4 Å². The van der Waals surface area contributed by atoms with Crippen LogP contribution >= 0.6 is 11.6 Å². The first kappa shape index (κ1) is 12.9. The number of hydrogen-bond donors (Lipinski definition) is 2. The Kier molecular flexibility index (Phi) is 2.87. The van der Waals surface area contributed by atoms with E-state index in [1.165, 1.54) is 4.52 Å². The van der Waals surface area contributed by atoms with Crippen molar-refractivity contribution in [1.82, 2.24) is 14.6 Å². The minimum atomic E-state index is -0.553. The van der Waals surface area contributed by atoms with Crippen molar-refractivity contribution in [3.8, 4) is 0 Å². The third-order valence-electron chi connectivity index (χ3n) is 3.31. The molecule has 3 heterocycles. The van der Waals surface area contributed by atoms with Crippen LogP contribution in [0.4, 0.5) is 17.3 Å². The summed E-state index contributed by atoms with van der Waals surface area (Å²) in [5.74, 6) is 0.536. The lowest BCUT2D eigenvalue weighted by Crippen LogP contribution is -2.27. The molecule has 0 radical (unpaired) electrons. The Labute approximate surface area is 118 Å². The number of nitro groups is 1. The van der Waals surface area contributed by atoms with Gasteiger partial charge in [-0.2, -0.15) is 9.61 Å². The van der Waals surface area contributed by atoms with Crippen LogP contribution in [0.5, 0.6) is 0 Å². The number of hydrogen-bond acceptors (Lipinski definition) is 7. The summed E-state index contributed by atoms with van der Waals surface area (Å²) in [6.07, 6.45) is 1.92. The van der Waals surface area contributed by atoms with E-state index in [1.54, 1.807) is 0 Å². The van der Waals surface area contributed by atoms with Gasteiger partial charge in [-0.05, 0) is 6.42 Å². The zero-order valence-corrected chi connectivity index (χ0v) is 11.1. The quantitative estimate of drug-likeness (QED) is 0.606. The summed E-state index contributed by atoms with van der Waals surface area (Å²) in [4.78, 5) is 16.5. The second-order valence-electron chi connectivity index (χ2n) is 4.65. The van der Waals surface area contributed by atoms with Crippen LogP contribution in [0.1, 0.15) is 6.42 Å². The van der Waals surface area contributed by atoms with E-state index < -0.39 is 4.92 Å². The molecule has 0 spiro atoms. The fraction of sp³-hybridized carbons (Fsp3) is 0.400. The van der Waals surface area contributed by atoms with Crippen LogP contribution in [0.25, 0.3) is 5.65 Å². The number of nitrogens with zero attached hydrogens (tertiary/aromatic N) is 5. The normalized spacial score (nSPS) is 18.9. The molecule has 10 heteroatoms. The van der Waals surface area contributed by atoms with Gasteiger partial charge in [0.2, 0.25) is 5.65 Å². The maximum absolute atomic E-state index is 11.0. The summed E-state index contributed by atoms with van der Waals surface area (Å²) in [6, 6.07) is 0.0326. The molecule has 1 aliphatic heterocycles. The summed E-state index contributed by atoms with van der Waals surface area (Å²) >= 11 is 6.19. The van der Waals surface area contributed by atoms with Crippen molar-refractivity contribution in [1.29, 1.82) is 0 Å². The second-order valence-corrected chi connectivity index (χ2v) is 5.03. The summed E-state index contributed by atoms with van der Waals surface area (Å²) in [6.45, 7) is 1.27. The number of fused-ring (bicyclic) bond motifs is 1. The maximum Gasteiger partial charge on any atom is 0.333 e. The molecule has 3 rings (SSSR count). The van der Waals surface area contributed by atoms with Crippen LogP contribution in [0, 0.1) is 10.1 Å². The average Bonchev–Trinajstić information content (AvgIpc) is 2.99. The average molecular weight is 298 g/mol. The Balaban J connectivity index is 2.19. The van der Waals surface area contributed by atoms with Crippen LogP contribution in [0.3, 0.4) is 0 Å². The first-order valence-electron chi connectivity index (χ1n) is 5.96. The molecule has 0 saturated carbocycles. The zero-order chi connectivity index (χ0) is 14.4. The summed E-state index contributed by atoms with van der Waals surface area (Å²) in [5.41, 5.74) is 11.6. The number of rotatable bonds is 2. The van der Waals surface area contributed by atoms with Crippen molar-refractivity contribution in [2.24, 2.45) is 5.73 Å². The molecule has 1 fully saturated rings. The standard InChI is InChI=1S/C10H12ClN7O2/c11-7-8(13)17-9(6(3-14-17)18(19)20)15-10(7)16-2-1-5(12)4-16/h3,5H,1-2,4,12-13H2/t5-/m0/s1. The lowest BCUT2D eigenvalue weighted by Gasteiger charge is -2.19. The van der Waals surface area contributed by atoms with Gasteiger partial charge in [-0.3, -0.25) is 10.1 Å². The molecular formula is C10H12ClN7O2. The van der Waals surface area contributed by atoms with E-state index in [2.05, 4.69) is 10.1 Å². The first-order valence-corrected chi connectivity index (χ1v) is 6.34. The van der Waals surface area contributed by atoms with Gasteiger partial charge in [-0.25, -0.2) is 4.98 Å². The predicted molar refractivity (Wildman–Crippen MR) is 73.9 cm³/mol. The van der Waals surface area contributed by atoms with E-state index in [0.29, 0.717) is 18.9 Å². The number of nitrogen functional groups attached to an aromatic ring is 1. The molecule has 0 aromatic carbocycles. The Morgan fingerprint density at radius 1 is 1.55 bits per heavy atom. The Morgan fingerprint density at radius 3 is 2.90 bits per heavy atom. The molecule has 1 atom stereocenters. The van der Waals surface area contributed by atoms with E-state index in [1.807, 2.05) is 4.90 Å². The Morgan fingerprint density at radius 2 is 2.30 bits per heavy atom. The molecule has 2 aromatic rings. The summed E-state index contributed by atoms with van der Waals surface area (Å²) < 4.78 is 1.17. The number of halogens is 1. The second kappa shape index (κ2) is 4.46. The highest BCUT2D eigenvalue weighted by molar-refractivity contribution is 6.35. The van der Waals surface area contributed by atoms with Gasteiger partial charge in [0.25, 0.3) is 0 Å². The lowest BCUT2D eigenvalue weighted by atomic mass is 10.3. The van der Waals surface area contributed by atoms with Crippen molar-refractivity contribution in [3.05, 3.63) is 21.3 Å². The van der Waals surface area contributed by atoms with Gasteiger partial charge in [0.1, 0.15) is 17.0 Å². The zero-order valence-electron chi connectivity index (χ0n) is 10.4. The van der Waals surface area contributed by atoms with Gasteiger partial charge in [0, 0.05) is 19.1 Å². The molecule has 0 bridgehead atoms. The fourth-order valence-corrected chi connectivity index (χ4v) is 2.53. The Bertz CT molecular complexity index is 700. The predicted octanol–water partition coefficient (Wildman–Crippen LogP) is 0.410. The third-order valence-corrected chi connectivity index (χ3v) is 3.67. The summed E-state index contributed by atoms with van der Waals surface area (Å²) in [5, 5.41) is 15.0. The third kappa shape index (κ3) is 1.82. The van der Waals surface area contributed by atoms with Crippen molar-refractivity contribution >= 4 is 34.6 Å². The molecule has 20 heavy (non-hydrogen) atoms. The largest absolute Gasteiger partial charge is 0.382 e. The van der Waals surface area contributed by atoms with Crippen molar-refractivity contribution in [3.63, 3.8) is 0 Å². The molecule has 2 aromatic heterocycles. The SMILES string of the molecule is Nc1c(Cl)c(N2CC[C@H](N)C2)nc2c([N+](=O)[O-])cnn12. The molecule has 1 saturated heterocycles. The van der Waals surface area contributed by atoms with Gasteiger partial charge >= 0.3 is 5.69 Å². The monoisotopic (exact) mass is 297 g/mol. The topological polar surface area (TPSA) is 129 Å². The van der Waals surface area contributed by atoms with E-state index in [9.17, 15) is 10.1 Å². The van der Waals surface area contributed by atoms with Gasteiger partial charge in [-0.15, -0.1) is 0 Å². The molecule has 0 amide bonds. The van der Waals surface area contributed by atoms with Crippen LogP contribution in [0.2, 0.25) is 5.02 Å². The van der Waals surface area contributed by atoms with Gasteiger partial charge in [0.15, 0.2) is 5.82 Å². The molecule has 1 aliphatic rings. The van der Waals surface area contributed by atoms with Gasteiger partial charge < -0.3 is 16.4 Å². The highest BCUT2D eigenvalue weighted by Gasteiger charge is 2.27. The first-order chi connectivity index (χ1) is 9.49. The van der Waals surface area contributed by atoms with Crippen molar-refractivity contribution in [2.75, 3.05) is 23.7 Å². The van der Waals surface area contributed by atoms with Crippen LogP contribution in [-0.2, 0) is 0 Å². The van der Waals surface area contributed by atoms with Gasteiger partial charge in [-0.1, -0.05) is 11.6 Å². The van der Waals surface area contributed by atoms with E-state index in [4.69, 9.17) is 23.1 Å².